The van der Waals surface area contributed by atoms with Gasteiger partial charge in [-0.2, -0.15) is 0 Å². The number of primary amides is 1. The van der Waals surface area contributed by atoms with Gasteiger partial charge in [0.25, 0.3) is 0 Å². The zero-order valence-electron chi connectivity index (χ0n) is 25.3. The van der Waals surface area contributed by atoms with Gasteiger partial charge in [-0.25, -0.2) is 0 Å². The molecule has 1 heterocycles. The highest BCUT2D eigenvalue weighted by atomic mass is 16.3. The first-order valence-electron chi connectivity index (χ1n) is 13.9. The molecule has 0 aromatic heterocycles. The number of hydrogen-bond donors (Lipinski definition) is 3. The molecule has 1 fully saturated rings. The maximum Gasteiger partial charge on any atom is 0.231 e. The van der Waals surface area contributed by atoms with Gasteiger partial charge in [0.15, 0.2) is 0 Å². The van der Waals surface area contributed by atoms with E-state index in [-0.39, 0.29) is 22.5 Å². The highest BCUT2D eigenvalue weighted by Gasteiger charge is 2.24. The second-order valence-corrected chi connectivity index (χ2v) is 11.8. The molecule has 0 radical (unpaired) electrons. The Hall–Kier alpha value is -2.70. The Morgan fingerprint density at radius 3 is 1.84 bits per heavy atom. The fourth-order valence-electron chi connectivity index (χ4n) is 4.24. The Labute approximate surface area is 231 Å². The number of nitrogens with two attached hydrogens (primary N) is 1. The van der Waals surface area contributed by atoms with E-state index < -0.39 is 0 Å². The number of amides is 1. The summed E-state index contributed by atoms with van der Waals surface area (Å²) in [5, 5.41) is 17.6. The molecule has 212 valence electrons. The molecule has 2 aromatic rings. The van der Waals surface area contributed by atoms with Crippen LogP contribution in [0.4, 0.5) is 0 Å². The van der Waals surface area contributed by atoms with Gasteiger partial charge in [-0.15, -0.1) is 0 Å². The number of aromatic hydroxyl groups is 1. The van der Waals surface area contributed by atoms with Crippen molar-refractivity contribution in [3.8, 4) is 5.75 Å². The average Bonchev–Trinajstić information content (AvgIpc) is 2.86. The van der Waals surface area contributed by atoms with Gasteiger partial charge in [0.1, 0.15) is 5.75 Å². The molecule has 0 unspecified atom stereocenters. The van der Waals surface area contributed by atoms with E-state index in [0.29, 0.717) is 12.1 Å². The lowest BCUT2D eigenvalue weighted by Gasteiger charge is -2.34. The number of piperazine rings is 1. The first kappa shape index (κ1) is 33.3. The summed E-state index contributed by atoms with van der Waals surface area (Å²) in [5.41, 5.74) is 10.5. The van der Waals surface area contributed by atoms with Crippen molar-refractivity contribution in [3.63, 3.8) is 0 Å². The molecule has 1 aliphatic rings. The Kier molecular flexibility index (Phi) is 13.2. The van der Waals surface area contributed by atoms with E-state index in [4.69, 9.17) is 11.1 Å². The van der Waals surface area contributed by atoms with Crippen molar-refractivity contribution in [2.24, 2.45) is 5.73 Å². The molecule has 1 aliphatic heterocycles. The van der Waals surface area contributed by atoms with Crippen molar-refractivity contribution < 1.29 is 9.90 Å². The van der Waals surface area contributed by atoms with Crippen molar-refractivity contribution in [2.45, 2.75) is 86.1 Å². The van der Waals surface area contributed by atoms with E-state index in [1.165, 1.54) is 17.3 Å². The molecule has 0 spiro atoms. The van der Waals surface area contributed by atoms with Crippen molar-refractivity contribution >= 4 is 12.1 Å². The van der Waals surface area contributed by atoms with Crippen molar-refractivity contribution in [2.75, 3.05) is 32.7 Å². The van der Waals surface area contributed by atoms with Crippen LogP contribution in [0.5, 0.6) is 5.75 Å². The summed E-state index contributed by atoms with van der Waals surface area (Å²) in [6, 6.07) is 12.8. The van der Waals surface area contributed by atoms with Gasteiger partial charge < -0.3 is 16.2 Å². The van der Waals surface area contributed by atoms with E-state index in [0.717, 1.165) is 50.3 Å². The van der Waals surface area contributed by atoms with Crippen LogP contribution in [0, 0.1) is 5.41 Å². The van der Waals surface area contributed by atoms with Crippen LogP contribution in [-0.2, 0) is 28.6 Å². The molecule has 6 heteroatoms. The number of rotatable bonds is 6. The summed E-state index contributed by atoms with van der Waals surface area (Å²) < 4.78 is 0. The third-order valence-corrected chi connectivity index (χ3v) is 6.65. The molecule has 6 nitrogen and oxygen atoms in total. The van der Waals surface area contributed by atoms with Crippen LogP contribution >= 0.6 is 0 Å². The number of aryl methyl sites for hydroxylation is 1. The molecule has 3 rings (SSSR count). The topological polar surface area (TPSA) is 93.7 Å². The fraction of sp³-hybridized carbons (Fsp3) is 0.562. The van der Waals surface area contributed by atoms with Crippen molar-refractivity contribution in [1.82, 2.24) is 9.80 Å². The number of hydrogen-bond acceptors (Lipinski definition) is 5. The summed E-state index contributed by atoms with van der Waals surface area (Å²) in [6.07, 6.45) is 2.31. The summed E-state index contributed by atoms with van der Waals surface area (Å²) in [6.45, 7) is 24.0. The lowest BCUT2D eigenvalue weighted by Crippen LogP contribution is -2.48. The van der Waals surface area contributed by atoms with Gasteiger partial charge in [-0.1, -0.05) is 92.6 Å². The predicted octanol–water partition coefficient (Wildman–Crippen LogP) is 5.86. The average molecular weight is 525 g/mol. The maximum atomic E-state index is 10.9. The van der Waals surface area contributed by atoms with Crippen LogP contribution in [0.25, 0.3) is 0 Å². The summed E-state index contributed by atoms with van der Waals surface area (Å²) in [7, 11) is 0. The SMILES string of the molecule is CC.CC(C)(C)c1cc(C=N)c(O)c(C(C)(C)C)c1.CCc1ccc(CN2CCN(CC(N)=O)CC2)cc1. The van der Waals surface area contributed by atoms with Gasteiger partial charge in [-0.05, 0) is 40.0 Å². The number of phenols is 1. The van der Waals surface area contributed by atoms with Gasteiger partial charge in [-0.3, -0.25) is 14.6 Å². The van der Waals surface area contributed by atoms with E-state index in [1.54, 1.807) is 0 Å². The number of carbonyl (C=O) groups excluding carboxylic acids is 1. The minimum absolute atomic E-state index is 0.0193. The normalized spacial score (nSPS) is 14.6. The van der Waals surface area contributed by atoms with E-state index in [9.17, 15) is 9.90 Å². The second-order valence-electron chi connectivity index (χ2n) is 11.8. The molecule has 1 amide bonds. The van der Waals surface area contributed by atoms with Gasteiger partial charge >= 0.3 is 0 Å². The standard InChI is InChI=1S/C15H23N3O.C15H23NO.C2H6/c1-2-13-3-5-14(6-4-13)11-17-7-9-18(10-8-17)12-15(16)19;1-14(2,3)11-7-10(9-16)13(17)12(8-11)15(4,5)6;1-2/h3-6H,2,7-12H2,1H3,(H2,16,19);7-9,16-17H,1-6H3;1-2H3. The Bertz CT molecular complexity index is 1010. The Morgan fingerprint density at radius 1 is 0.921 bits per heavy atom. The number of nitrogens with one attached hydrogen (secondary N) is 1. The van der Waals surface area contributed by atoms with Gasteiger partial charge in [0.05, 0.1) is 6.54 Å². The molecular weight excluding hydrogens is 472 g/mol. The van der Waals surface area contributed by atoms with Crippen LogP contribution in [0.2, 0.25) is 0 Å². The van der Waals surface area contributed by atoms with Gasteiger partial charge in [0.2, 0.25) is 5.91 Å². The Balaban J connectivity index is 0.000000359. The molecule has 0 aliphatic carbocycles. The first-order chi connectivity index (χ1) is 17.7. The van der Waals surface area contributed by atoms with Crippen LogP contribution in [0.1, 0.15) is 90.1 Å². The smallest absolute Gasteiger partial charge is 0.231 e. The second kappa shape index (κ2) is 15.0. The third-order valence-electron chi connectivity index (χ3n) is 6.65. The minimum Gasteiger partial charge on any atom is -0.507 e. The van der Waals surface area contributed by atoms with Crippen LogP contribution in [0.15, 0.2) is 36.4 Å². The van der Waals surface area contributed by atoms with Crippen LogP contribution < -0.4 is 5.73 Å². The zero-order chi connectivity index (χ0) is 29.1. The molecular formula is C32H52N4O2. The Morgan fingerprint density at radius 2 is 1.42 bits per heavy atom. The predicted molar refractivity (Wildman–Crippen MR) is 161 cm³/mol. The quantitative estimate of drug-likeness (QED) is 0.412. The minimum atomic E-state index is -0.233. The molecule has 0 atom stereocenters. The number of nitrogens with zero attached hydrogens (tertiary/aromatic N) is 2. The monoisotopic (exact) mass is 524 g/mol. The van der Waals surface area contributed by atoms with Crippen LogP contribution in [-0.4, -0.2) is 59.8 Å². The third kappa shape index (κ3) is 10.6. The molecule has 38 heavy (non-hydrogen) atoms. The van der Waals surface area contributed by atoms with E-state index >= 15 is 0 Å². The summed E-state index contributed by atoms with van der Waals surface area (Å²) in [5.74, 6) is 0.00380. The zero-order valence-corrected chi connectivity index (χ0v) is 25.3. The van der Waals surface area contributed by atoms with Crippen molar-refractivity contribution in [1.29, 1.82) is 5.41 Å². The molecule has 0 saturated carbocycles. The highest BCUT2D eigenvalue weighted by Crippen LogP contribution is 2.36. The van der Waals surface area contributed by atoms with E-state index in [1.807, 2.05) is 19.9 Å². The fourth-order valence-corrected chi connectivity index (χ4v) is 4.24. The van der Waals surface area contributed by atoms with Crippen molar-refractivity contribution in [3.05, 3.63) is 64.2 Å². The molecule has 4 N–H and O–H groups in total. The lowest BCUT2D eigenvalue weighted by molar-refractivity contribution is -0.119. The highest BCUT2D eigenvalue weighted by molar-refractivity contribution is 5.82. The maximum absolute atomic E-state index is 10.9. The molecule has 1 saturated heterocycles. The molecule has 2 aromatic carbocycles. The van der Waals surface area contributed by atoms with Crippen LogP contribution in [0.3, 0.4) is 0 Å². The lowest BCUT2D eigenvalue weighted by atomic mass is 9.79. The first-order valence-corrected chi connectivity index (χ1v) is 13.9. The number of phenolic OH excluding ortho intramolecular Hbond substituents is 1. The number of benzene rings is 2. The largest absolute Gasteiger partial charge is 0.507 e. The van der Waals surface area contributed by atoms with Gasteiger partial charge in [0, 0.05) is 50.1 Å². The molecule has 0 bridgehead atoms. The van der Waals surface area contributed by atoms with E-state index in [2.05, 4.69) is 88.6 Å². The summed E-state index contributed by atoms with van der Waals surface area (Å²) >= 11 is 0. The number of carbonyl (C=O) groups is 1. The summed E-state index contributed by atoms with van der Waals surface area (Å²) in [4.78, 5) is 15.4.